The van der Waals surface area contributed by atoms with E-state index in [0.717, 1.165) is 22.6 Å². The zero-order valence-corrected chi connectivity index (χ0v) is 19.6. The highest BCUT2D eigenvalue weighted by Gasteiger charge is 2.21. The van der Waals surface area contributed by atoms with Crippen LogP contribution in [0.15, 0.2) is 70.7 Å². The number of nitriles is 1. The van der Waals surface area contributed by atoms with Crippen LogP contribution in [-0.4, -0.2) is 21.9 Å². The van der Waals surface area contributed by atoms with Crippen LogP contribution in [0.4, 0.5) is 5.82 Å². The van der Waals surface area contributed by atoms with Gasteiger partial charge in [-0.05, 0) is 48.6 Å². The number of carbonyl (C=O) groups is 1. The molecule has 1 aromatic carbocycles. The Hall–Kier alpha value is -3.60. The maximum absolute atomic E-state index is 13.2. The Morgan fingerprint density at radius 2 is 1.94 bits per heavy atom. The van der Waals surface area contributed by atoms with E-state index in [1.165, 1.54) is 4.88 Å². The summed E-state index contributed by atoms with van der Waals surface area (Å²) in [6.45, 7) is 5.82. The SMILES string of the molecule is Cc1c(C#N)c(NC(=O)CN(Cc2ccco2)Cc2cccs2)n(Cc2ccccc2)c1C. The maximum atomic E-state index is 13.2. The lowest BCUT2D eigenvalue weighted by Crippen LogP contribution is -2.33. The lowest BCUT2D eigenvalue weighted by atomic mass is 10.2. The summed E-state index contributed by atoms with van der Waals surface area (Å²) in [6.07, 6.45) is 1.64. The van der Waals surface area contributed by atoms with E-state index >= 15 is 0 Å². The maximum Gasteiger partial charge on any atom is 0.239 e. The zero-order chi connectivity index (χ0) is 23.2. The first-order chi connectivity index (χ1) is 16.0. The van der Waals surface area contributed by atoms with Crippen LogP contribution >= 0.6 is 11.3 Å². The Morgan fingerprint density at radius 3 is 2.61 bits per heavy atom. The monoisotopic (exact) mass is 458 g/mol. The highest BCUT2D eigenvalue weighted by molar-refractivity contribution is 7.09. The highest BCUT2D eigenvalue weighted by atomic mass is 32.1. The molecule has 0 fully saturated rings. The standard InChI is InChI=1S/C26H26N4O2S/c1-19-20(2)30(15-21-8-4-3-5-9-21)26(24(19)14-27)28-25(31)18-29(16-22-10-6-12-32-22)17-23-11-7-13-33-23/h3-13H,15-18H2,1-2H3,(H,28,31). The summed E-state index contributed by atoms with van der Waals surface area (Å²) in [5, 5.41) is 14.9. The van der Waals surface area contributed by atoms with E-state index in [9.17, 15) is 10.1 Å². The Kier molecular flexibility index (Phi) is 7.08. The Bertz CT molecular complexity index is 1200. The van der Waals surface area contributed by atoms with Gasteiger partial charge < -0.3 is 14.3 Å². The van der Waals surface area contributed by atoms with Crippen molar-refractivity contribution in [2.45, 2.75) is 33.5 Å². The molecular weight excluding hydrogens is 432 g/mol. The Balaban J connectivity index is 1.56. The van der Waals surface area contributed by atoms with E-state index in [1.54, 1.807) is 17.6 Å². The molecule has 0 unspecified atom stereocenters. The van der Waals surface area contributed by atoms with Gasteiger partial charge in [0.25, 0.3) is 0 Å². The van der Waals surface area contributed by atoms with Crippen molar-refractivity contribution >= 4 is 23.1 Å². The van der Waals surface area contributed by atoms with Gasteiger partial charge in [0, 0.05) is 23.7 Å². The molecule has 1 N–H and O–H groups in total. The van der Waals surface area contributed by atoms with Crippen molar-refractivity contribution in [2.75, 3.05) is 11.9 Å². The largest absolute Gasteiger partial charge is 0.468 e. The molecule has 0 aliphatic rings. The van der Waals surface area contributed by atoms with Crippen molar-refractivity contribution in [2.24, 2.45) is 0 Å². The van der Waals surface area contributed by atoms with Gasteiger partial charge in [0.15, 0.2) is 0 Å². The van der Waals surface area contributed by atoms with Gasteiger partial charge in [-0.2, -0.15) is 5.26 Å². The Labute approximate surface area is 197 Å². The third-order valence-electron chi connectivity index (χ3n) is 5.67. The number of carbonyl (C=O) groups excluding carboxylic acids is 1. The second-order valence-electron chi connectivity index (χ2n) is 7.97. The van der Waals surface area contributed by atoms with E-state index in [-0.39, 0.29) is 12.5 Å². The van der Waals surface area contributed by atoms with E-state index in [1.807, 2.05) is 77.2 Å². The number of aromatic nitrogens is 1. The molecule has 0 aliphatic carbocycles. The van der Waals surface area contributed by atoms with Crippen LogP contribution in [0.5, 0.6) is 0 Å². The van der Waals surface area contributed by atoms with Crippen molar-refractivity contribution in [3.05, 3.63) is 99.3 Å². The van der Waals surface area contributed by atoms with Gasteiger partial charge in [-0.15, -0.1) is 11.3 Å². The molecule has 3 aromatic heterocycles. The zero-order valence-electron chi connectivity index (χ0n) is 18.7. The summed E-state index contributed by atoms with van der Waals surface area (Å²) in [6, 6.07) is 20.1. The van der Waals surface area contributed by atoms with Crippen LogP contribution in [0.2, 0.25) is 0 Å². The summed E-state index contributed by atoms with van der Waals surface area (Å²) in [5.41, 5.74) is 3.46. The molecule has 0 atom stereocenters. The van der Waals surface area contributed by atoms with E-state index < -0.39 is 0 Å². The average molecular weight is 459 g/mol. The van der Waals surface area contributed by atoms with Crippen LogP contribution in [0, 0.1) is 25.2 Å². The van der Waals surface area contributed by atoms with Gasteiger partial charge in [-0.1, -0.05) is 36.4 Å². The van der Waals surface area contributed by atoms with Gasteiger partial charge in [0.2, 0.25) is 5.91 Å². The molecule has 4 rings (SSSR count). The van der Waals surface area contributed by atoms with Crippen LogP contribution < -0.4 is 5.32 Å². The van der Waals surface area contributed by atoms with Gasteiger partial charge in [0.05, 0.1) is 24.9 Å². The van der Waals surface area contributed by atoms with Gasteiger partial charge >= 0.3 is 0 Å². The smallest absolute Gasteiger partial charge is 0.239 e. The number of hydrogen-bond acceptors (Lipinski definition) is 5. The predicted octanol–water partition coefficient (Wildman–Crippen LogP) is 5.32. The van der Waals surface area contributed by atoms with Crippen molar-refractivity contribution in [1.29, 1.82) is 5.26 Å². The summed E-state index contributed by atoms with van der Waals surface area (Å²) >= 11 is 1.66. The number of nitrogens with one attached hydrogen (secondary N) is 1. The second kappa shape index (κ2) is 10.3. The Morgan fingerprint density at radius 1 is 1.12 bits per heavy atom. The minimum atomic E-state index is -0.165. The number of amides is 1. The molecule has 0 radical (unpaired) electrons. The van der Waals surface area contributed by atoms with Gasteiger partial charge in [0.1, 0.15) is 17.6 Å². The molecular formula is C26H26N4O2S. The molecule has 0 aliphatic heterocycles. The molecule has 3 heterocycles. The first-order valence-corrected chi connectivity index (χ1v) is 11.6. The summed E-state index contributed by atoms with van der Waals surface area (Å²) < 4.78 is 7.52. The molecule has 4 aromatic rings. The van der Waals surface area contributed by atoms with Crippen LogP contribution in [-0.2, 0) is 24.4 Å². The fraction of sp³-hybridized carbons (Fsp3) is 0.231. The number of furan rings is 1. The third-order valence-corrected chi connectivity index (χ3v) is 6.53. The second-order valence-corrected chi connectivity index (χ2v) is 9.00. The molecule has 0 spiro atoms. The fourth-order valence-corrected chi connectivity index (χ4v) is 4.63. The molecule has 0 saturated heterocycles. The summed E-state index contributed by atoms with van der Waals surface area (Å²) in [4.78, 5) is 16.4. The van der Waals surface area contributed by atoms with Crippen molar-refractivity contribution in [3.8, 4) is 6.07 Å². The lowest BCUT2D eigenvalue weighted by molar-refractivity contribution is -0.117. The number of thiophene rings is 1. The molecule has 1 amide bonds. The van der Waals surface area contributed by atoms with Crippen LogP contribution in [0.3, 0.4) is 0 Å². The first kappa shape index (κ1) is 22.6. The van der Waals surface area contributed by atoms with E-state index in [0.29, 0.717) is 31.0 Å². The number of rotatable bonds is 9. The average Bonchev–Trinajstić information content (AvgIpc) is 3.55. The van der Waals surface area contributed by atoms with Gasteiger partial charge in [-0.25, -0.2) is 0 Å². The lowest BCUT2D eigenvalue weighted by Gasteiger charge is -2.21. The van der Waals surface area contributed by atoms with Crippen molar-refractivity contribution < 1.29 is 9.21 Å². The minimum absolute atomic E-state index is 0.165. The molecule has 168 valence electrons. The fourth-order valence-electron chi connectivity index (χ4n) is 3.88. The number of hydrogen-bond donors (Lipinski definition) is 1. The minimum Gasteiger partial charge on any atom is -0.468 e. The molecule has 7 heteroatoms. The number of nitrogens with zero attached hydrogens (tertiary/aromatic N) is 3. The van der Waals surface area contributed by atoms with Crippen LogP contribution in [0.1, 0.15) is 33.0 Å². The predicted molar refractivity (Wildman–Crippen MR) is 130 cm³/mol. The van der Waals surface area contributed by atoms with Crippen molar-refractivity contribution in [3.63, 3.8) is 0 Å². The number of benzene rings is 1. The molecule has 6 nitrogen and oxygen atoms in total. The topological polar surface area (TPSA) is 74.2 Å². The first-order valence-electron chi connectivity index (χ1n) is 10.8. The summed E-state index contributed by atoms with van der Waals surface area (Å²) in [5.74, 6) is 1.19. The van der Waals surface area contributed by atoms with E-state index in [2.05, 4.69) is 17.5 Å². The highest BCUT2D eigenvalue weighted by Crippen LogP contribution is 2.27. The van der Waals surface area contributed by atoms with Crippen LogP contribution in [0.25, 0.3) is 0 Å². The normalized spacial score (nSPS) is 11.0. The summed E-state index contributed by atoms with van der Waals surface area (Å²) in [7, 11) is 0. The quantitative estimate of drug-likeness (QED) is 0.368. The van der Waals surface area contributed by atoms with Crippen molar-refractivity contribution in [1.82, 2.24) is 9.47 Å². The van der Waals surface area contributed by atoms with Gasteiger partial charge in [-0.3, -0.25) is 9.69 Å². The third kappa shape index (κ3) is 5.43. The van der Waals surface area contributed by atoms with E-state index in [4.69, 9.17) is 4.42 Å². The molecule has 0 saturated carbocycles. The number of anilines is 1. The molecule has 0 bridgehead atoms. The molecule has 33 heavy (non-hydrogen) atoms.